The second-order valence-electron chi connectivity index (χ2n) is 13.6. The fraction of sp³-hybridized carbons (Fsp3) is 1.00. The van der Waals surface area contributed by atoms with Crippen molar-refractivity contribution in [1.82, 2.24) is 0 Å². The third kappa shape index (κ3) is 19.6. The summed E-state index contributed by atoms with van der Waals surface area (Å²) in [5.74, 6) is 4.13. The Balaban J connectivity index is 2.62. The van der Waals surface area contributed by atoms with Crippen LogP contribution < -0.4 is 11.5 Å². The first kappa shape index (κ1) is 36.9. The quantitative estimate of drug-likeness (QED) is 0.0913. The van der Waals surface area contributed by atoms with Crippen LogP contribution >= 0.6 is 0 Å². The van der Waals surface area contributed by atoms with Gasteiger partial charge in [-0.15, -0.1) is 0 Å². The maximum atomic E-state index is 5.68. The Hall–Kier alpha value is -0.0800. The van der Waals surface area contributed by atoms with Crippen LogP contribution in [0.4, 0.5) is 0 Å². The summed E-state index contributed by atoms with van der Waals surface area (Å²) in [6.07, 6.45) is 41.9. The fourth-order valence-electron chi connectivity index (χ4n) is 7.83. The monoisotopic (exact) mass is 549 g/mol. The van der Waals surface area contributed by atoms with Gasteiger partial charge in [-0.05, 0) is 75.3 Å². The van der Waals surface area contributed by atoms with Crippen molar-refractivity contribution in [3.05, 3.63) is 0 Å². The molecule has 1 fully saturated rings. The zero-order valence-electron chi connectivity index (χ0n) is 27.4. The number of nitrogens with two attached hydrogens (primary N) is 2. The first-order valence-corrected chi connectivity index (χ1v) is 18.7. The van der Waals surface area contributed by atoms with Gasteiger partial charge >= 0.3 is 0 Å². The van der Waals surface area contributed by atoms with Gasteiger partial charge in [-0.2, -0.15) is 0 Å². The Kier molecular flexibility index (Phi) is 26.6. The summed E-state index contributed by atoms with van der Waals surface area (Å²) in [5.41, 5.74) is 11.3. The molecule has 0 aromatic heterocycles. The predicted octanol–water partition coefficient (Wildman–Crippen LogP) is 11.7. The minimum Gasteiger partial charge on any atom is -0.330 e. The molecule has 1 aliphatic carbocycles. The molecule has 0 aromatic rings. The SMILES string of the molecule is CCCCCCCC1C(CCCCC)CCC(CCCCCCCCCCN)C1CCCCCCCCCN. The van der Waals surface area contributed by atoms with Crippen LogP contribution in [0.3, 0.4) is 0 Å². The van der Waals surface area contributed by atoms with Gasteiger partial charge in [-0.25, -0.2) is 0 Å². The Labute approximate surface area is 248 Å². The van der Waals surface area contributed by atoms with Crippen LogP contribution in [0.25, 0.3) is 0 Å². The molecule has 0 aliphatic heterocycles. The highest BCUT2D eigenvalue weighted by atomic mass is 14.5. The molecule has 0 amide bonds. The van der Waals surface area contributed by atoms with E-state index in [1.807, 2.05) is 0 Å². The summed E-state index contributed by atoms with van der Waals surface area (Å²) in [6, 6.07) is 0. The van der Waals surface area contributed by atoms with Crippen molar-refractivity contribution in [3.8, 4) is 0 Å². The van der Waals surface area contributed by atoms with E-state index >= 15 is 0 Å². The molecule has 1 saturated carbocycles. The van der Waals surface area contributed by atoms with Crippen molar-refractivity contribution in [1.29, 1.82) is 0 Å². The van der Waals surface area contributed by atoms with E-state index in [1.54, 1.807) is 25.7 Å². The number of rotatable bonds is 29. The molecular weight excluding hydrogens is 472 g/mol. The van der Waals surface area contributed by atoms with Gasteiger partial charge in [-0.1, -0.05) is 162 Å². The highest BCUT2D eigenvalue weighted by Crippen LogP contribution is 2.47. The average Bonchev–Trinajstić information content (AvgIpc) is 2.95. The standard InChI is InChI=1S/C37H76N2/c1-3-5-7-15-22-28-36-34(26-20-6-4-2)30-31-35(27-21-16-11-8-9-13-18-24-32-38)37(36)29-23-17-12-10-14-19-25-33-39/h34-37H,3-33,38-39H2,1-2H3. The maximum absolute atomic E-state index is 5.68. The van der Waals surface area contributed by atoms with Crippen LogP contribution in [0.15, 0.2) is 0 Å². The maximum Gasteiger partial charge on any atom is -0.00773 e. The van der Waals surface area contributed by atoms with E-state index in [1.165, 1.54) is 161 Å². The van der Waals surface area contributed by atoms with E-state index in [2.05, 4.69) is 13.8 Å². The highest BCUT2D eigenvalue weighted by molar-refractivity contribution is 4.88. The molecule has 4 atom stereocenters. The van der Waals surface area contributed by atoms with E-state index < -0.39 is 0 Å². The van der Waals surface area contributed by atoms with Crippen molar-refractivity contribution in [2.75, 3.05) is 13.1 Å². The van der Waals surface area contributed by atoms with E-state index in [-0.39, 0.29) is 0 Å². The lowest BCUT2D eigenvalue weighted by atomic mass is 9.61. The predicted molar refractivity (Wildman–Crippen MR) is 177 cm³/mol. The lowest BCUT2D eigenvalue weighted by Crippen LogP contribution is -2.35. The molecule has 4 N–H and O–H groups in total. The molecule has 0 heterocycles. The van der Waals surface area contributed by atoms with Crippen LogP contribution in [0.1, 0.15) is 200 Å². The van der Waals surface area contributed by atoms with Gasteiger partial charge in [0.15, 0.2) is 0 Å². The van der Waals surface area contributed by atoms with Crippen LogP contribution in [-0.2, 0) is 0 Å². The normalized spacial score (nSPS) is 21.5. The van der Waals surface area contributed by atoms with Crippen LogP contribution in [-0.4, -0.2) is 13.1 Å². The lowest BCUT2D eigenvalue weighted by molar-refractivity contribution is 0.0581. The number of hydrogen-bond acceptors (Lipinski definition) is 2. The van der Waals surface area contributed by atoms with Crippen molar-refractivity contribution in [2.45, 2.75) is 200 Å². The molecule has 39 heavy (non-hydrogen) atoms. The van der Waals surface area contributed by atoms with Crippen LogP contribution in [0.2, 0.25) is 0 Å². The third-order valence-electron chi connectivity index (χ3n) is 10.3. The summed E-state index contributed by atoms with van der Waals surface area (Å²) in [5, 5.41) is 0. The minimum atomic E-state index is 0.872. The van der Waals surface area contributed by atoms with Crippen molar-refractivity contribution in [3.63, 3.8) is 0 Å². The number of unbranched alkanes of at least 4 members (excludes halogenated alkanes) is 19. The molecular formula is C37H76N2. The van der Waals surface area contributed by atoms with E-state index in [0.717, 1.165) is 36.8 Å². The Bertz CT molecular complexity index is 478. The Morgan fingerprint density at radius 2 is 0.641 bits per heavy atom. The van der Waals surface area contributed by atoms with Crippen molar-refractivity contribution < 1.29 is 0 Å². The molecule has 234 valence electrons. The summed E-state index contributed by atoms with van der Waals surface area (Å²) >= 11 is 0. The Morgan fingerprint density at radius 3 is 1.03 bits per heavy atom. The molecule has 1 aliphatic rings. The summed E-state index contributed by atoms with van der Waals surface area (Å²) in [6.45, 7) is 6.47. The Morgan fingerprint density at radius 1 is 0.359 bits per heavy atom. The molecule has 0 bridgehead atoms. The van der Waals surface area contributed by atoms with E-state index in [9.17, 15) is 0 Å². The smallest absolute Gasteiger partial charge is 0.00773 e. The molecule has 0 aromatic carbocycles. The third-order valence-corrected chi connectivity index (χ3v) is 10.3. The topological polar surface area (TPSA) is 52.0 Å². The van der Waals surface area contributed by atoms with Crippen molar-refractivity contribution in [2.24, 2.45) is 35.1 Å². The molecule has 0 saturated heterocycles. The first-order valence-electron chi connectivity index (χ1n) is 18.7. The zero-order valence-corrected chi connectivity index (χ0v) is 27.4. The van der Waals surface area contributed by atoms with Gasteiger partial charge in [-0.3, -0.25) is 0 Å². The average molecular weight is 549 g/mol. The van der Waals surface area contributed by atoms with Gasteiger partial charge in [0.05, 0.1) is 0 Å². The molecule has 0 radical (unpaired) electrons. The molecule has 1 rings (SSSR count). The zero-order chi connectivity index (χ0) is 28.2. The molecule has 0 spiro atoms. The van der Waals surface area contributed by atoms with E-state index in [4.69, 9.17) is 11.5 Å². The largest absolute Gasteiger partial charge is 0.330 e. The van der Waals surface area contributed by atoms with Crippen molar-refractivity contribution >= 4 is 0 Å². The minimum absolute atomic E-state index is 0.872. The molecule has 2 heteroatoms. The van der Waals surface area contributed by atoms with Gasteiger partial charge < -0.3 is 11.5 Å². The lowest BCUT2D eigenvalue weighted by Gasteiger charge is -2.44. The van der Waals surface area contributed by atoms with E-state index in [0.29, 0.717) is 0 Å². The summed E-state index contributed by atoms with van der Waals surface area (Å²) < 4.78 is 0. The summed E-state index contributed by atoms with van der Waals surface area (Å²) in [4.78, 5) is 0. The second-order valence-corrected chi connectivity index (χ2v) is 13.6. The van der Waals surface area contributed by atoms with Gasteiger partial charge in [0.2, 0.25) is 0 Å². The molecule has 2 nitrogen and oxygen atoms in total. The number of hydrogen-bond donors (Lipinski definition) is 2. The fourth-order valence-corrected chi connectivity index (χ4v) is 7.83. The summed E-state index contributed by atoms with van der Waals surface area (Å²) in [7, 11) is 0. The van der Waals surface area contributed by atoms with Crippen LogP contribution in [0, 0.1) is 23.7 Å². The second kappa shape index (κ2) is 28.1. The molecule has 4 unspecified atom stereocenters. The first-order chi connectivity index (χ1) is 19.3. The van der Waals surface area contributed by atoms with Gasteiger partial charge in [0.25, 0.3) is 0 Å². The highest BCUT2D eigenvalue weighted by Gasteiger charge is 2.37. The van der Waals surface area contributed by atoms with Gasteiger partial charge in [0.1, 0.15) is 0 Å². The van der Waals surface area contributed by atoms with Crippen LogP contribution in [0.5, 0.6) is 0 Å². The van der Waals surface area contributed by atoms with Gasteiger partial charge in [0, 0.05) is 0 Å².